The number of aromatic nitrogens is 1. The molecule has 0 bridgehead atoms. The first kappa shape index (κ1) is 13.9. The Hall–Kier alpha value is -1.56. The van der Waals surface area contributed by atoms with Crippen LogP contribution in [0.4, 0.5) is 0 Å². The Bertz CT molecular complexity index is 506. The van der Waals surface area contributed by atoms with Crippen molar-refractivity contribution >= 4 is 23.6 Å². The van der Waals surface area contributed by atoms with Crippen LogP contribution in [0.25, 0.3) is 0 Å². The summed E-state index contributed by atoms with van der Waals surface area (Å²) in [7, 11) is 0. The smallest absolute Gasteiger partial charge is 0.327 e. The standard InChI is InChI=1S/C13H16N2O3S/c1-3-11-15(10(7-19-11)13(17)18)12(16)9-4-5-14-8(2)6-9/h4-6,10-11H,3,7H2,1-2H3,(H,17,18). The highest BCUT2D eigenvalue weighted by Crippen LogP contribution is 2.32. The molecule has 1 N–H and O–H groups in total. The second kappa shape index (κ2) is 5.61. The molecule has 0 saturated carbocycles. The molecule has 0 aliphatic carbocycles. The maximum Gasteiger partial charge on any atom is 0.327 e. The minimum Gasteiger partial charge on any atom is -0.480 e. The van der Waals surface area contributed by atoms with Gasteiger partial charge in [0.05, 0.1) is 5.37 Å². The summed E-state index contributed by atoms with van der Waals surface area (Å²) in [6, 6.07) is 2.58. The van der Waals surface area contributed by atoms with E-state index >= 15 is 0 Å². The van der Waals surface area contributed by atoms with Gasteiger partial charge in [-0.3, -0.25) is 9.78 Å². The number of thioether (sulfide) groups is 1. The summed E-state index contributed by atoms with van der Waals surface area (Å²) in [5.41, 5.74) is 1.25. The third-order valence-corrected chi connectivity index (χ3v) is 4.56. The summed E-state index contributed by atoms with van der Waals surface area (Å²) in [5.74, 6) is -0.721. The maximum absolute atomic E-state index is 12.5. The van der Waals surface area contributed by atoms with E-state index in [9.17, 15) is 14.7 Å². The molecule has 6 heteroatoms. The topological polar surface area (TPSA) is 70.5 Å². The molecule has 2 unspecified atom stereocenters. The SMILES string of the molecule is CCC1SCC(C(=O)O)N1C(=O)c1ccnc(C)c1. The largest absolute Gasteiger partial charge is 0.480 e. The molecule has 1 amide bonds. The second-order valence-corrected chi connectivity index (χ2v) is 5.66. The van der Waals surface area contributed by atoms with Crippen molar-refractivity contribution in [2.24, 2.45) is 0 Å². The van der Waals surface area contributed by atoms with E-state index < -0.39 is 12.0 Å². The van der Waals surface area contributed by atoms with Gasteiger partial charge in [-0.25, -0.2) is 4.79 Å². The van der Waals surface area contributed by atoms with Gasteiger partial charge in [0, 0.05) is 23.2 Å². The lowest BCUT2D eigenvalue weighted by Crippen LogP contribution is -2.45. The molecule has 0 aromatic carbocycles. The van der Waals surface area contributed by atoms with Gasteiger partial charge >= 0.3 is 5.97 Å². The summed E-state index contributed by atoms with van der Waals surface area (Å²) in [5, 5.41) is 9.16. The Morgan fingerprint density at radius 3 is 2.89 bits per heavy atom. The number of amides is 1. The lowest BCUT2D eigenvalue weighted by atomic mass is 10.1. The van der Waals surface area contributed by atoms with Crippen molar-refractivity contribution in [3.8, 4) is 0 Å². The summed E-state index contributed by atoms with van der Waals surface area (Å²) >= 11 is 1.52. The van der Waals surface area contributed by atoms with Gasteiger partial charge in [-0.15, -0.1) is 11.8 Å². The summed E-state index contributed by atoms with van der Waals surface area (Å²) in [6.45, 7) is 3.77. The number of rotatable bonds is 3. The number of aryl methyl sites for hydroxylation is 1. The molecular formula is C13H16N2O3S. The number of pyridine rings is 1. The molecule has 2 heterocycles. The molecule has 2 atom stereocenters. The van der Waals surface area contributed by atoms with E-state index in [1.54, 1.807) is 18.3 Å². The molecule has 0 radical (unpaired) electrons. The fourth-order valence-corrected chi connectivity index (χ4v) is 3.51. The van der Waals surface area contributed by atoms with Crippen molar-refractivity contribution in [3.63, 3.8) is 0 Å². The third-order valence-electron chi connectivity index (χ3n) is 3.10. The normalized spacial score (nSPS) is 22.5. The van der Waals surface area contributed by atoms with Crippen molar-refractivity contribution in [1.29, 1.82) is 0 Å². The molecule has 1 aliphatic heterocycles. The first-order valence-corrected chi connectivity index (χ1v) is 7.19. The molecule has 19 heavy (non-hydrogen) atoms. The van der Waals surface area contributed by atoms with Gasteiger partial charge in [0.15, 0.2) is 0 Å². The fourth-order valence-electron chi connectivity index (χ4n) is 2.17. The van der Waals surface area contributed by atoms with Crippen molar-refractivity contribution in [2.75, 3.05) is 5.75 Å². The predicted molar refractivity (Wildman–Crippen MR) is 73.1 cm³/mol. The molecule has 1 aromatic heterocycles. The summed E-state index contributed by atoms with van der Waals surface area (Å²) in [4.78, 5) is 29.3. The Morgan fingerprint density at radius 1 is 1.58 bits per heavy atom. The molecule has 1 fully saturated rings. The first-order valence-electron chi connectivity index (χ1n) is 6.14. The van der Waals surface area contributed by atoms with Crippen LogP contribution in [0.15, 0.2) is 18.3 Å². The number of carbonyl (C=O) groups excluding carboxylic acids is 1. The molecule has 1 aromatic rings. The van der Waals surface area contributed by atoms with Gasteiger partial charge in [-0.2, -0.15) is 0 Å². The zero-order chi connectivity index (χ0) is 14.0. The number of aliphatic carboxylic acids is 1. The average molecular weight is 280 g/mol. The number of hydrogen-bond donors (Lipinski definition) is 1. The van der Waals surface area contributed by atoms with Crippen LogP contribution in [-0.2, 0) is 4.79 Å². The number of hydrogen-bond acceptors (Lipinski definition) is 4. The van der Waals surface area contributed by atoms with Crippen LogP contribution in [0.3, 0.4) is 0 Å². The Labute approximate surface area is 116 Å². The van der Waals surface area contributed by atoms with Gasteiger partial charge in [-0.1, -0.05) is 6.92 Å². The molecule has 5 nitrogen and oxygen atoms in total. The van der Waals surface area contributed by atoms with Gasteiger partial charge < -0.3 is 10.0 Å². The molecule has 1 aliphatic rings. The van der Waals surface area contributed by atoms with Crippen molar-refractivity contribution < 1.29 is 14.7 Å². The van der Waals surface area contributed by atoms with E-state index in [0.717, 1.165) is 12.1 Å². The second-order valence-electron chi connectivity index (χ2n) is 4.45. The van der Waals surface area contributed by atoms with E-state index in [0.29, 0.717) is 11.3 Å². The maximum atomic E-state index is 12.5. The Balaban J connectivity index is 2.31. The van der Waals surface area contributed by atoms with Gasteiger partial charge in [0.1, 0.15) is 6.04 Å². The summed E-state index contributed by atoms with van der Waals surface area (Å²) < 4.78 is 0. The highest BCUT2D eigenvalue weighted by atomic mass is 32.2. The quantitative estimate of drug-likeness (QED) is 0.913. The van der Waals surface area contributed by atoms with E-state index in [1.165, 1.54) is 16.7 Å². The van der Waals surface area contributed by atoms with Crippen LogP contribution in [0.5, 0.6) is 0 Å². The fraction of sp³-hybridized carbons (Fsp3) is 0.462. The number of carbonyl (C=O) groups is 2. The predicted octanol–water partition coefficient (Wildman–Crippen LogP) is 1.77. The highest BCUT2D eigenvalue weighted by Gasteiger charge is 2.41. The Kier molecular flexibility index (Phi) is 4.09. The van der Waals surface area contributed by atoms with Crippen LogP contribution in [0.2, 0.25) is 0 Å². The zero-order valence-corrected chi connectivity index (χ0v) is 11.7. The van der Waals surface area contributed by atoms with Crippen LogP contribution >= 0.6 is 11.8 Å². The molecule has 2 rings (SSSR count). The van der Waals surface area contributed by atoms with Crippen LogP contribution in [-0.4, -0.2) is 44.0 Å². The average Bonchev–Trinajstić information content (AvgIpc) is 2.81. The lowest BCUT2D eigenvalue weighted by Gasteiger charge is -2.26. The lowest BCUT2D eigenvalue weighted by molar-refractivity contribution is -0.141. The van der Waals surface area contributed by atoms with E-state index in [-0.39, 0.29) is 11.3 Å². The van der Waals surface area contributed by atoms with Crippen LogP contribution in [0, 0.1) is 6.92 Å². The monoisotopic (exact) mass is 280 g/mol. The minimum atomic E-state index is -0.942. The van der Waals surface area contributed by atoms with Gasteiger partial charge in [-0.05, 0) is 25.5 Å². The first-order chi connectivity index (χ1) is 9.04. The van der Waals surface area contributed by atoms with E-state index in [1.807, 2.05) is 13.8 Å². The van der Waals surface area contributed by atoms with E-state index in [2.05, 4.69) is 4.98 Å². The van der Waals surface area contributed by atoms with Gasteiger partial charge in [0.25, 0.3) is 5.91 Å². The van der Waals surface area contributed by atoms with Crippen molar-refractivity contribution in [1.82, 2.24) is 9.88 Å². The number of carboxylic acids is 1. The Morgan fingerprint density at radius 2 is 2.32 bits per heavy atom. The van der Waals surface area contributed by atoms with Crippen LogP contribution in [0.1, 0.15) is 29.4 Å². The number of nitrogens with zero attached hydrogens (tertiary/aromatic N) is 2. The summed E-state index contributed by atoms with van der Waals surface area (Å²) in [6.07, 6.45) is 2.31. The third kappa shape index (κ3) is 2.73. The zero-order valence-electron chi connectivity index (χ0n) is 10.9. The van der Waals surface area contributed by atoms with Crippen molar-refractivity contribution in [2.45, 2.75) is 31.7 Å². The van der Waals surface area contributed by atoms with Gasteiger partial charge in [0.2, 0.25) is 0 Å². The number of carboxylic acid groups (broad SMARTS) is 1. The van der Waals surface area contributed by atoms with Crippen LogP contribution < -0.4 is 0 Å². The minimum absolute atomic E-state index is 0.0675. The molecular weight excluding hydrogens is 264 g/mol. The molecule has 102 valence electrons. The molecule has 0 spiro atoms. The molecule has 1 saturated heterocycles. The van der Waals surface area contributed by atoms with E-state index in [4.69, 9.17) is 0 Å². The van der Waals surface area contributed by atoms with Crippen molar-refractivity contribution in [3.05, 3.63) is 29.6 Å². The highest BCUT2D eigenvalue weighted by molar-refractivity contribution is 8.00.